The van der Waals surface area contributed by atoms with Crippen molar-refractivity contribution >= 4 is 22.7 Å². The third kappa shape index (κ3) is 2.03. The summed E-state index contributed by atoms with van der Waals surface area (Å²) in [4.78, 5) is 15.8. The lowest BCUT2D eigenvalue weighted by molar-refractivity contribution is 0.0697. The lowest BCUT2D eigenvalue weighted by Crippen LogP contribution is -2.08. The molecule has 1 aromatic heterocycles. The van der Waals surface area contributed by atoms with Gasteiger partial charge < -0.3 is 10.8 Å². The molecule has 0 bridgehead atoms. The third-order valence-corrected chi connectivity index (χ3v) is 3.70. The average molecular weight is 281 g/mol. The first-order valence-corrected chi connectivity index (χ1v) is 6.55. The van der Waals surface area contributed by atoms with Gasteiger partial charge in [0.25, 0.3) is 0 Å². The van der Waals surface area contributed by atoms with E-state index >= 15 is 0 Å². The number of hydrogen-bond donors (Lipinski definition) is 2. The molecule has 0 aliphatic rings. The number of carboxylic acids is 1. The zero-order valence-corrected chi connectivity index (χ0v) is 11.8. The summed E-state index contributed by atoms with van der Waals surface area (Å²) in [6.07, 6.45) is 1.61. The summed E-state index contributed by atoms with van der Waals surface area (Å²) >= 11 is 0. The molecule has 0 radical (unpaired) electrons. The van der Waals surface area contributed by atoms with Gasteiger partial charge in [0.2, 0.25) is 0 Å². The van der Waals surface area contributed by atoms with E-state index in [1.54, 1.807) is 29.1 Å². The van der Waals surface area contributed by atoms with Crippen molar-refractivity contribution in [3.8, 4) is 5.69 Å². The number of nitrogens with zero attached hydrogens (tertiary/aromatic N) is 2. The molecule has 3 rings (SSSR count). The molecular formula is C16H15N3O2. The highest BCUT2D eigenvalue weighted by molar-refractivity contribution is 5.96. The summed E-state index contributed by atoms with van der Waals surface area (Å²) in [5.74, 6) is -1.01. The van der Waals surface area contributed by atoms with Gasteiger partial charge in [-0.25, -0.2) is 9.78 Å². The molecule has 5 nitrogen and oxygen atoms in total. The zero-order valence-electron chi connectivity index (χ0n) is 11.8. The van der Waals surface area contributed by atoms with Gasteiger partial charge in [-0.2, -0.15) is 0 Å². The predicted octanol–water partition coefficient (Wildman–Crippen LogP) is 2.92. The minimum Gasteiger partial charge on any atom is -0.478 e. The van der Waals surface area contributed by atoms with Gasteiger partial charge in [-0.15, -0.1) is 0 Å². The van der Waals surface area contributed by atoms with Crippen LogP contribution >= 0.6 is 0 Å². The average Bonchev–Trinajstić information content (AvgIpc) is 2.81. The molecule has 106 valence electrons. The number of nitrogen functional groups attached to an aromatic ring is 1. The quantitative estimate of drug-likeness (QED) is 0.708. The second-order valence-corrected chi connectivity index (χ2v) is 5.09. The second kappa shape index (κ2) is 4.63. The molecule has 0 aliphatic carbocycles. The van der Waals surface area contributed by atoms with Crippen LogP contribution in [0.15, 0.2) is 36.7 Å². The number of carbonyl (C=O) groups is 1. The molecule has 3 aromatic rings. The minimum absolute atomic E-state index is 0.160. The van der Waals surface area contributed by atoms with Gasteiger partial charge in [0.15, 0.2) is 0 Å². The third-order valence-electron chi connectivity index (χ3n) is 3.70. The Labute approximate surface area is 121 Å². The van der Waals surface area contributed by atoms with Gasteiger partial charge in [-0.3, -0.25) is 4.57 Å². The van der Waals surface area contributed by atoms with Crippen LogP contribution in [0.5, 0.6) is 0 Å². The van der Waals surface area contributed by atoms with Crippen LogP contribution in [0.4, 0.5) is 5.69 Å². The monoisotopic (exact) mass is 281 g/mol. The van der Waals surface area contributed by atoms with Crippen molar-refractivity contribution in [2.75, 3.05) is 5.73 Å². The smallest absolute Gasteiger partial charge is 0.337 e. The highest BCUT2D eigenvalue weighted by atomic mass is 16.4. The fourth-order valence-corrected chi connectivity index (χ4v) is 2.45. The van der Waals surface area contributed by atoms with E-state index in [0.717, 1.165) is 22.2 Å². The molecule has 3 N–H and O–H groups in total. The number of anilines is 1. The Morgan fingerprint density at radius 1 is 1.24 bits per heavy atom. The number of aromatic nitrogens is 2. The molecule has 5 heteroatoms. The first-order chi connectivity index (χ1) is 9.99. The van der Waals surface area contributed by atoms with E-state index in [-0.39, 0.29) is 5.56 Å². The van der Waals surface area contributed by atoms with Crippen molar-refractivity contribution in [2.24, 2.45) is 0 Å². The number of aromatic carboxylic acids is 1. The number of para-hydroxylation sites is 1. The summed E-state index contributed by atoms with van der Waals surface area (Å²) in [5.41, 5.74) is 11.0. The highest BCUT2D eigenvalue weighted by Gasteiger charge is 2.16. The van der Waals surface area contributed by atoms with Crippen LogP contribution in [0.1, 0.15) is 21.5 Å². The van der Waals surface area contributed by atoms with Gasteiger partial charge in [-0.1, -0.05) is 6.07 Å². The van der Waals surface area contributed by atoms with Crippen LogP contribution in [0.3, 0.4) is 0 Å². The lowest BCUT2D eigenvalue weighted by atomic mass is 10.1. The minimum atomic E-state index is -1.01. The van der Waals surface area contributed by atoms with Crippen LogP contribution in [-0.4, -0.2) is 20.6 Å². The molecule has 21 heavy (non-hydrogen) atoms. The van der Waals surface area contributed by atoms with Gasteiger partial charge in [0.1, 0.15) is 6.33 Å². The summed E-state index contributed by atoms with van der Waals surface area (Å²) in [6.45, 7) is 4.03. The molecule has 2 aromatic carbocycles. The first-order valence-electron chi connectivity index (χ1n) is 6.55. The van der Waals surface area contributed by atoms with Crippen molar-refractivity contribution in [2.45, 2.75) is 13.8 Å². The Morgan fingerprint density at radius 3 is 2.67 bits per heavy atom. The van der Waals surface area contributed by atoms with Gasteiger partial charge in [0, 0.05) is 0 Å². The van der Waals surface area contributed by atoms with Crippen molar-refractivity contribution in [3.63, 3.8) is 0 Å². The van der Waals surface area contributed by atoms with Crippen molar-refractivity contribution in [1.29, 1.82) is 0 Å². The zero-order chi connectivity index (χ0) is 15.1. The maximum Gasteiger partial charge on any atom is 0.337 e. The summed E-state index contributed by atoms with van der Waals surface area (Å²) in [6, 6.07) is 8.85. The van der Waals surface area contributed by atoms with E-state index in [1.807, 2.05) is 26.0 Å². The maximum atomic E-state index is 11.4. The fourth-order valence-electron chi connectivity index (χ4n) is 2.45. The van der Waals surface area contributed by atoms with E-state index < -0.39 is 5.97 Å². The Bertz CT molecular complexity index is 865. The number of carboxylic acid groups (broad SMARTS) is 1. The molecule has 0 spiro atoms. The van der Waals surface area contributed by atoms with Crippen LogP contribution in [0.25, 0.3) is 16.7 Å². The Balaban J connectivity index is 2.36. The number of rotatable bonds is 2. The lowest BCUT2D eigenvalue weighted by Gasteiger charge is -2.12. The Hall–Kier alpha value is -2.82. The van der Waals surface area contributed by atoms with E-state index in [2.05, 4.69) is 4.98 Å². The molecular weight excluding hydrogens is 266 g/mol. The molecule has 1 heterocycles. The molecule has 0 saturated heterocycles. The van der Waals surface area contributed by atoms with Crippen LogP contribution in [0, 0.1) is 13.8 Å². The number of benzene rings is 2. The van der Waals surface area contributed by atoms with Crippen LogP contribution in [0.2, 0.25) is 0 Å². The Morgan fingerprint density at radius 2 is 1.95 bits per heavy atom. The molecule has 0 unspecified atom stereocenters. The molecule has 0 fully saturated rings. The number of imidazole rings is 1. The predicted molar refractivity (Wildman–Crippen MR) is 81.9 cm³/mol. The second-order valence-electron chi connectivity index (χ2n) is 5.09. The molecule has 0 amide bonds. The number of hydrogen-bond acceptors (Lipinski definition) is 3. The largest absolute Gasteiger partial charge is 0.478 e. The summed E-state index contributed by atoms with van der Waals surface area (Å²) in [7, 11) is 0. The van der Waals surface area contributed by atoms with Gasteiger partial charge in [0.05, 0.1) is 28.0 Å². The molecule has 0 aliphatic heterocycles. The fraction of sp³-hybridized carbons (Fsp3) is 0.125. The SMILES string of the molecule is Cc1cc2ncn(-c3c(N)cccc3C(=O)O)c2cc1C. The van der Waals surface area contributed by atoms with E-state index in [4.69, 9.17) is 5.73 Å². The topological polar surface area (TPSA) is 81.1 Å². The van der Waals surface area contributed by atoms with Crippen molar-refractivity contribution in [1.82, 2.24) is 9.55 Å². The van der Waals surface area contributed by atoms with Crippen LogP contribution < -0.4 is 5.73 Å². The van der Waals surface area contributed by atoms with Crippen molar-refractivity contribution < 1.29 is 9.90 Å². The first kappa shape index (κ1) is 13.2. The van der Waals surface area contributed by atoms with Gasteiger partial charge >= 0.3 is 5.97 Å². The highest BCUT2D eigenvalue weighted by Crippen LogP contribution is 2.27. The Kier molecular flexibility index (Phi) is 2.90. The standard InChI is InChI=1S/C16H15N3O2/c1-9-6-13-14(7-10(9)2)19(8-18-13)15-11(16(20)21)4-3-5-12(15)17/h3-8H,17H2,1-2H3,(H,20,21). The van der Waals surface area contributed by atoms with Crippen molar-refractivity contribution in [3.05, 3.63) is 53.3 Å². The number of fused-ring (bicyclic) bond motifs is 1. The molecule has 0 atom stereocenters. The van der Waals surface area contributed by atoms with Crippen LogP contribution in [-0.2, 0) is 0 Å². The molecule has 0 saturated carbocycles. The maximum absolute atomic E-state index is 11.4. The van der Waals surface area contributed by atoms with E-state index in [1.165, 1.54) is 0 Å². The van der Waals surface area contributed by atoms with E-state index in [9.17, 15) is 9.90 Å². The van der Waals surface area contributed by atoms with Gasteiger partial charge in [-0.05, 0) is 49.2 Å². The summed E-state index contributed by atoms with van der Waals surface area (Å²) < 4.78 is 1.74. The number of nitrogens with two attached hydrogens (primary N) is 1. The normalized spacial score (nSPS) is 11.0. The number of aryl methyl sites for hydroxylation is 2. The van der Waals surface area contributed by atoms with E-state index in [0.29, 0.717) is 11.4 Å². The summed E-state index contributed by atoms with van der Waals surface area (Å²) in [5, 5.41) is 9.37.